The molecule has 0 aliphatic carbocycles. The van der Waals surface area contributed by atoms with Crippen molar-refractivity contribution in [2.75, 3.05) is 5.73 Å². The van der Waals surface area contributed by atoms with Gasteiger partial charge in [0.05, 0.1) is 5.56 Å². The van der Waals surface area contributed by atoms with Gasteiger partial charge in [0, 0.05) is 12.4 Å². The van der Waals surface area contributed by atoms with Crippen LogP contribution in [0, 0.1) is 0 Å². The Balaban J connectivity index is 0.000000235. The Kier molecular flexibility index (Phi) is 5.14. The summed E-state index contributed by atoms with van der Waals surface area (Å²) in [5, 5.41) is 17.3. The zero-order chi connectivity index (χ0) is 16.0. The van der Waals surface area contributed by atoms with Gasteiger partial charge >= 0.3 is 17.3 Å². The SMILES string of the molecule is Nc1cc[nH]c(=O)n1.O=C(O)C(O)c1c[nH]c(=O)[nH]c1=O. The quantitative estimate of drug-likeness (QED) is 0.350. The summed E-state index contributed by atoms with van der Waals surface area (Å²) in [6.45, 7) is 0. The maximum atomic E-state index is 10.9. The number of nitrogen functional groups attached to an aromatic ring is 1. The Bertz CT molecular complexity index is 791. The van der Waals surface area contributed by atoms with E-state index in [1.54, 1.807) is 4.98 Å². The van der Waals surface area contributed by atoms with Gasteiger partial charge in [-0.05, 0) is 6.07 Å². The number of hydrogen-bond donors (Lipinski definition) is 6. The monoisotopic (exact) mass is 297 g/mol. The maximum Gasteiger partial charge on any atom is 0.346 e. The van der Waals surface area contributed by atoms with Gasteiger partial charge in [-0.15, -0.1) is 0 Å². The van der Waals surface area contributed by atoms with Gasteiger partial charge in [-0.3, -0.25) is 9.78 Å². The van der Waals surface area contributed by atoms with Crippen molar-refractivity contribution >= 4 is 11.8 Å². The van der Waals surface area contributed by atoms with Gasteiger partial charge in [-0.1, -0.05) is 0 Å². The van der Waals surface area contributed by atoms with Crippen molar-refractivity contribution in [2.24, 2.45) is 0 Å². The molecule has 2 rings (SSSR count). The summed E-state index contributed by atoms with van der Waals surface area (Å²) in [4.78, 5) is 51.4. The van der Waals surface area contributed by atoms with Gasteiger partial charge in [0.25, 0.3) is 5.56 Å². The summed E-state index contributed by atoms with van der Waals surface area (Å²) >= 11 is 0. The molecule has 0 fully saturated rings. The fourth-order valence-corrected chi connectivity index (χ4v) is 1.14. The maximum absolute atomic E-state index is 10.9. The van der Waals surface area contributed by atoms with Crippen molar-refractivity contribution in [1.82, 2.24) is 19.9 Å². The highest BCUT2D eigenvalue weighted by Gasteiger charge is 2.19. The third kappa shape index (κ3) is 4.76. The molecule has 2 aromatic rings. The van der Waals surface area contributed by atoms with E-state index in [0.717, 1.165) is 6.20 Å². The molecule has 0 aromatic carbocycles. The van der Waals surface area contributed by atoms with E-state index >= 15 is 0 Å². The summed E-state index contributed by atoms with van der Waals surface area (Å²) in [6.07, 6.45) is 0.380. The van der Waals surface area contributed by atoms with Crippen molar-refractivity contribution in [2.45, 2.75) is 6.10 Å². The fourth-order valence-electron chi connectivity index (χ4n) is 1.14. The first-order valence-electron chi connectivity index (χ1n) is 5.35. The first-order chi connectivity index (χ1) is 9.81. The summed E-state index contributed by atoms with van der Waals surface area (Å²) in [5.41, 5.74) is 2.63. The summed E-state index contributed by atoms with van der Waals surface area (Å²) in [6, 6.07) is 1.52. The van der Waals surface area contributed by atoms with Gasteiger partial charge in [-0.25, -0.2) is 14.4 Å². The number of aliphatic hydroxyl groups excluding tert-OH is 1. The van der Waals surface area contributed by atoms with Crippen LogP contribution in [0.5, 0.6) is 0 Å². The Hall–Kier alpha value is -3.21. The second-order valence-corrected chi connectivity index (χ2v) is 3.59. The Labute approximate surface area is 115 Å². The second-order valence-electron chi connectivity index (χ2n) is 3.59. The molecule has 0 amide bonds. The first-order valence-corrected chi connectivity index (χ1v) is 5.35. The van der Waals surface area contributed by atoms with Crippen LogP contribution in [0.25, 0.3) is 0 Å². The van der Waals surface area contributed by atoms with E-state index in [4.69, 9.17) is 15.9 Å². The van der Waals surface area contributed by atoms with Gasteiger partial charge in [-0.2, -0.15) is 4.98 Å². The van der Waals surface area contributed by atoms with Crippen molar-refractivity contribution in [3.63, 3.8) is 0 Å². The van der Waals surface area contributed by atoms with Crippen LogP contribution < -0.4 is 22.7 Å². The molecule has 0 aliphatic heterocycles. The number of H-pyrrole nitrogens is 3. The molecule has 0 bridgehead atoms. The number of anilines is 1. The number of rotatable bonds is 2. The highest BCUT2D eigenvalue weighted by molar-refractivity contribution is 5.73. The molecule has 0 radical (unpaired) electrons. The zero-order valence-electron chi connectivity index (χ0n) is 10.4. The lowest BCUT2D eigenvalue weighted by atomic mass is 10.2. The molecule has 0 saturated carbocycles. The van der Waals surface area contributed by atoms with Crippen molar-refractivity contribution < 1.29 is 15.0 Å². The smallest absolute Gasteiger partial charge is 0.346 e. The molecular weight excluding hydrogens is 286 g/mol. The molecule has 2 aromatic heterocycles. The number of nitrogens with two attached hydrogens (primary N) is 1. The average Bonchev–Trinajstić information content (AvgIpc) is 2.38. The van der Waals surface area contributed by atoms with E-state index in [0.29, 0.717) is 0 Å². The first kappa shape index (κ1) is 15.8. The van der Waals surface area contributed by atoms with Crippen LogP contribution in [0.4, 0.5) is 5.82 Å². The lowest BCUT2D eigenvalue weighted by Crippen LogP contribution is -2.28. The van der Waals surface area contributed by atoms with Gasteiger partial charge in [0.2, 0.25) is 0 Å². The van der Waals surface area contributed by atoms with Gasteiger partial charge < -0.3 is 25.9 Å². The number of carboxylic acids is 1. The van der Waals surface area contributed by atoms with Crippen LogP contribution >= 0.6 is 0 Å². The summed E-state index contributed by atoms with van der Waals surface area (Å²) in [7, 11) is 0. The van der Waals surface area contributed by atoms with Crippen LogP contribution in [0.15, 0.2) is 32.8 Å². The van der Waals surface area contributed by atoms with E-state index in [2.05, 4.69) is 9.97 Å². The molecule has 2 heterocycles. The van der Waals surface area contributed by atoms with Crippen molar-refractivity contribution in [3.8, 4) is 0 Å². The lowest BCUT2D eigenvalue weighted by Gasteiger charge is -2.01. The minimum absolute atomic E-state index is 0.244. The van der Waals surface area contributed by atoms with Gasteiger partial charge in [0.1, 0.15) is 5.82 Å². The number of aromatic nitrogens is 4. The number of carboxylic acid groups (broad SMARTS) is 1. The minimum atomic E-state index is -1.93. The molecule has 0 spiro atoms. The van der Waals surface area contributed by atoms with Crippen LogP contribution in [0.3, 0.4) is 0 Å². The molecular formula is C10H11N5O6. The predicted octanol–water partition coefficient (Wildman–Crippen LogP) is -2.47. The van der Waals surface area contributed by atoms with Crippen molar-refractivity contribution in [3.05, 3.63) is 55.3 Å². The Morgan fingerprint density at radius 3 is 2.38 bits per heavy atom. The molecule has 11 heteroatoms. The van der Waals surface area contributed by atoms with Crippen LogP contribution in [-0.2, 0) is 4.79 Å². The molecule has 7 N–H and O–H groups in total. The molecule has 0 saturated heterocycles. The highest BCUT2D eigenvalue weighted by atomic mass is 16.4. The molecule has 0 aliphatic rings. The normalized spacial score (nSPS) is 11.1. The van der Waals surface area contributed by atoms with E-state index < -0.39 is 34.6 Å². The molecule has 1 atom stereocenters. The van der Waals surface area contributed by atoms with E-state index in [1.165, 1.54) is 12.3 Å². The number of nitrogens with one attached hydrogen (secondary N) is 3. The number of aliphatic carboxylic acids is 1. The number of aliphatic hydroxyl groups is 1. The molecule has 1 unspecified atom stereocenters. The summed E-state index contributed by atoms with van der Waals surface area (Å²) in [5.74, 6) is -1.31. The highest BCUT2D eigenvalue weighted by Crippen LogP contribution is 2.03. The van der Waals surface area contributed by atoms with Crippen LogP contribution in [-0.4, -0.2) is 36.1 Å². The average molecular weight is 297 g/mol. The lowest BCUT2D eigenvalue weighted by molar-refractivity contribution is -0.147. The second kappa shape index (κ2) is 6.81. The molecule has 112 valence electrons. The Morgan fingerprint density at radius 2 is 1.95 bits per heavy atom. The van der Waals surface area contributed by atoms with Crippen molar-refractivity contribution in [1.29, 1.82) is 0 Å². The number of aromatic amines is 3. The Morgan fingerprint density at radius 1 is 1.29 bits per heavy atom. The predicted molar refractivity (Wildman–Crippen MR) is 69.5 cm³/mol. The van der Waals surface area contributed by atoms with Gasteiger partial charge in [0.15, 0.2) is 6.10 Å². The van der Waals surface area contributed by atoms with Crippen LogP contribution in [0.1, 0.15) is 11.7 Å². The number of carbonyl (C=O) groups is 1. The standard InChI is InChI=1S/C6H6N2O5.C4H5N3O/c9-3(5(11)12)2-1-7-6(13)8-4(2)10;5-3-1-2-6-4(8)7-3/h1,3,9H,(H,11,12)(H2,7,8,10,13);1-2H,(H3,5,6,7,8). The van der Waals surface area contributed by atoms with E-state index in [-0.39, 0.29) is 5.82 Å². The van der Waals surface area contributed by atoms with Crippen LogP contribution in [0.2, 0.25) is 0 Å². The summed E-state index contributed by atoms with van der Waals surface area (Å²) < 4.78 is 0. The third-order valence-corrected chi connectivity index (χ3v) is 2.07. The zero-order valence-corrected chi connectivity index (χ0v) is 10.4. The van der Waals surface area contributed by atoms with E-state index in [1.807, 2.05) is 4.98 Å². The number of hydrogen-bond acceptors (Lipinski definition) is 7. The fraction of sp³-hybridized carbons (Fsp3) is 0.100. The largest absolute Gasteiger partial charge is 0.479 e. The van der Waals surface area contributed by atoms with E-state index in [9.17, 15) is 19.2 Å². The minimum Gasteiger partial charge on any atom is -0.479 e. The number of nitrogens with zero attached hydrogens (tertiary/aromatic N) is 1. The topological polar surface area (TPSA) is 195 Å². The molecule has 11 nitrogen and oxygen atoms in total. The molecule has 21 heavy (non-hydrogen) atoms. The third-order valence-electron chi connectivity index (χ3n) is 2.07.